The van der Waals surface area contributed by atoms with Gasteiger partial charge in [-0.2, -0.15) is 0 Å². The summed E-state index contributed by atoms with van der Waals surface area (Å²) in [6.07, 6.45) is 1.05. The summed E-state index contributed by atoms with van der Waals surface area (Å²) in [6.45, 7) is 6.44. The Morgan fingerprint density at radius 3 is 2.56 bits per heavy atom. The first-order valence-electron chi connectivity index (χ1n) is 6.09. The first-order valence-corrected chi connectivity index (χ1v) is 6.09. The highest BCUT2D eigenvalue weighted by atomic mass is 16.5. The molecule has 1 aromatic carbocycles. The van der Waals surface area contributed by atoms with E-state index in [-0.39, 0.29) is 0 Å². The summed E-state index contributed by atoms with van der Waals surface area (Å²) >= 11 is 0. The van der Waals surface area contributed by atoms with Crippen LogP contribution in [0, 0.1) is 6.92 Å². The van der Waals surface area contributed by atoms with Gasteiger partial charge in [-0.1, -0.05) is 17.7 Å². The maximum Gasteiger partial charge on any atom is 0.219 e. The summed E-state index contributed by atoms with van der Waals surface area (Å²) in [4.78, 5) is 4.19. The number of imidazole rings is 1. The van der Waals surface area contributed by atoms with Gasteiger partial charge in [0.15, 0.2) is 0 Å². The molecular weight excluding hydrogens is 228 g/mol. The molecule has 4 heteroatoms. The molecule has 0 aliphatic heterocycles. The van der Waals surface area contributed by atoms with Gasteiger partial charge in [-0.3, -0.25) is 4.57 Å². The standard InChI is InChI=1S/C14H18N2O2/c1-4-16-13(9-15-14(16)11(3)17)18-12-7-5-10(2)6-8-12/h5-9,11,17H,4H2,1-3H3. The minimum Gasteiger partial charge on any atom is -0.439 e. The molecular formula is C14H18N2O2. The first kappa shape index (κ1) is 12.6. The molecule has 0 saturated carbocycles. The molecule has 96 valence electrons. The van der Waals surface area contributed by atoms with Crippen LogP contribution in [0.25, 0.3) is 0 Å². The van der Waals surface area contributed by atoms with E-state index in [1.807, 2.05) is 42.7 Å². The molecule has 2 aromatic rings. The number of aliphatic hydroxyl groups is 1. The minimum absolute atomic E-state index is 0.597. The number of aliphatic hydroxyl groups excluding tert-OH is 1. The minimum atomic E-state index is -0.597. The van der Waals surface area contributed by atoms with Crippen LogP contribution in [0.2, 0.25) is 0 Å². The lowest BCUT2D eigenvalue weighted by Crippen LogP contribution is -2.06. The van der Waals surface area contributed by atoms with Crippen LogP contribution >= 0.6 is 0 Å². The Labute approximate surface area is 107 Å². The van der Waals surface area contributed by atoms with Crippen LogP contribution in [0.3, 0.4) is 0 Å². The highest BCUT2D eigenvalue weighted by molar-refractivity contribution is 5.30. The lowest BCUT2D eigenvalue weighted by molar-refractivity contribution is 0.182. The average Bonchev–Trinajstić information content (AvgIpc) is 2.75. The third-order valence-corrected chi connectivity index (χ3v) is 2.78. The second-order valence-corrected chi connectivity index (χ2v) is 4.29. The van der Waals surface area contributed by atoms with Gasteiger partial charge in [-0.15, -0.1) is 0 Å². The van der Waals surface area contributed by atoms with Gasteiger partial charge in [0, 0.05) is 6.54 Å². The highest BCUT2D eigenvalue weighted by Gasteiger charge is 2.14. The van der Waals surface area contributed by atoms with Gasteiger partial charge < -0.3 is 9.84 Å². The van der Waals surface area contributed by atoms with E-state index in [0.29, 0.717) is 18.2 Å². The molecule has 0 spiro atoms. The molecule has 4 nitrogen and oxygen atoms in total. The maximum atomic E-state index is 9.61. The molecule has 0 fully saturated rings. The second-order valence-electron chi connectivity index (χ2n) is 4.29. The highest BCUT2D eigenvalue weighted by Crippen LogP contribution is 2.25. The van der Waals surface area contributed by atoms with Crippen molar-refractivity contribution in [2.24, 2.45) is 0 Å². The third-order valence-electron chi connectivity index (χ3n) is 2.78. The smallest absolute Gasteiger partial charge is 0.219 e. The Kier molecular flexibility index (Phi) is 3.67. The predicted octanol–water partition coefficient (Wildman–Crippen LogP) is 3.06. The Balaban J connectivity index is 2.26. The van der Waals surface area contributed by atoms with E-state index in [9.17, 15) is 5.11 Å². The summed E-state index contributed by atoms with van der Waals surface area (Å²) in [5.41, 5.74) is 1.19. The summed E-state index contributed by atoms with van der Waals surface area (Å²) in [7, 11) is 0. The van der Waals surface area contributed by atoms with E-state index < -0.39 is 6.10 Å². The number of hydrogen-bond acceptors (Lipinski definition) is 3. The molecule has 1 aromatic heterocycles. The molecule has 1 unspecified atom stereocenters. The molecule has 0 saturated heterocycles. The van der Waals surface area contributed by atoms with Crippen molar-refractivity contribution in [2.75, 3.05) is 0 Å². The zero-order valence-electron chi connectivity index (χ0n) is 10.9. The van der Waals surface area contributed by atoms with Crippen molar-refractivity contribution in [2.45, 2.75) is 33.4 Å². The lowest BCUT2D eigenvalue weighted by atomic mass is 10.2. The summed E-state index contributed by atoms with van der Waals surface area (Å²) < 4.78 is 7.64. The van der Waals surface area contributed by atoms with Crippen molar-refractivity contribution < 1.29 is 9.84 Å². The van der Waals surface area contributed by atoms with Gasteiger partial charge >= 0.3 is 0 Å². The fraction of sp³-hybridized carbons (Fsp3) is 0.357. The zero-order valence-corrected chi connectivity index (χ0v) is 10.9. The largest absolute Gasteiger partial charge is 0.439 e. The number of nitrogens with zero attached hydrogens (tertiary/aromatic N) is 2. The topological polar surface area (TPSA) is 47.3 Å². The first-order chi connectivity index (χ1) is 8.61. The maximum absolute atomic E-state index is 9.61. The number of hydrogen-bond donors (Lipinski definition) is 1. The summed E-state index contributed by atoms with van der Waals surface area (Å²) in [6, 6.07) is 7.84. The summed E-state index contributed by atoms with van der Waals surface area (Å²) in [5.74, 6) is 2.05. The third kappa shape index (κ3) is 2.54. The lowest BCUT2D eigenvalue weighted by Gasteiger charge is -2.11. The number of aromatic nitrogens is 2. The van der Waals surface area contributed by atoms with Gasteiger partial charge in [0.25, 0.3) is 0 Å². The van der Waals surface area contributed by atoms with E-state index in [4.69, 9.17) is 4.74 Å². The fourth-order valence-corrected chi connectivity index (χ4v) is 1.83. The van der Waals surface area contributed by atoms with Crippen molar-refractivity contribution >= 4 is 0 Å². The fourth-order valence-electron chi connectivity index (χ4n) is 1.83. The number of rotatable bonds is 4. The van der Waals surface area contributed by atoms with Crippen LogP contribution in [0.1, 0.15) is 31.3 Å². The molecule has 1 heterocycles. The van der Waals surface area contributed by atoms with Crippen molar-refractivity contribution in [3.8, 4) is 11.6 Å². The molecule has 2 rings (SSSR count). The normalized spacial score (nSPS) is 12.4. The van der Waals surface area contributed by atoms with E-state index >= 15 is 0 Å². The number of benzene rings is 1. The van der Waals surface area contributed by atoms with Crippen molar-refractivity contribution in [1.82, 2.24) is 9.55 Å². The second kappa shape index (κ2) is 5.23. The van der Waals surface area contributed by atoms with Crippen LogP contribution in [0.5, 0.6) is 11.6 Å². The molecule has 0 bridgehead atoms. The molecule has 0 aliphatic rings. The van der Waals surface area contributed by atoms with Gasteiger partial charge in [-0.05, 0) is 32.9 Å². The van der Waals surface area contributed by atoms with Gasteiger partial charge in [0.1, 0.15) is 17.7 Å². The van der Waals surface area contributed by atoms with Crippen molar-refractivity contribution in [1.29, 1.82) is 0 Å². The van der Waals surface area contributed by atoms with E-state index in [1.165, 1.54) is 5.56 Å². The number of aryl methyl sites for hydroxylation is 1. The van der Waals surface area contributed by atoms with Gasteiger partial charge in [0.05, 0.1) is 6.20 Å². The molecule has 18 heavy (non-hydrogen) atoms. The Hall–Kier alpha value is -1.81. The van der Waals surface area contributed by atoms with Crippen molar-refractivity contribution in [3.63, 3.8) is 0 Å². The molecule has 0 amide bonds. The number of ether oxygens (including phenoxy) is 1. The Morgan fingerprint density at radius 2 is 2.00 bits per heavy atom. The molecule has 1 atom stereocenters. The van der Waals surface area contributed by atoms with Crippen LogP contribution in [-0.2, 0) is 6.54 Å². The van der Waals surface area contributed by atoms with E-state index in [2.05, 4.69) is 4.98 Å². The summed E-state index contributed by atoms with van der Waals surface area (Å²) in [5, 5.41) is 9.61. The van der Waals surface area contributed by atoms with Crippen LogP contribution in [0.4, 0.5) is 0 Å². The van der Waals surface area contributed by atoms with Crippen LogP contribution in [0.15, 0.2) is 30.5 Å². The Bertz CT molecular complexity index is 515. The Morgan fingerprint density at radius 1 is 1.33 bits per heavy atom. The zero-order chi connectivity index (χ0) is 13.1. The van der Waals surface area contributed by atoms with E-state index in [0.717, 1.165) is 5.75 Å². The molecule has 1 N–H and O–H groups in total. The molecule has 0 aliphatic carbocycles. The monoisotopic (exact) mass is 246 g/mol. The SMILES string of the molecule is CCn1c(Oc2ccc(C)cc2)cnc1C(C)O. The predicted molar refractivity (Wildman–Crippen MR) is 69.8 cm³/mol. The van der Waals surface area contributed by atoms with Gasteiger partial charge in [-0.25, -0.2) is 4.98 Å². The molecule has 0 radical (unpaired) electrons. The van der Waals surface area contributed by atoms with Crippen LogP contribution < -0.4 is 4.74 Å². The quantitative estimate of drug-likeness (QED) is 0.901. The average molecular weight is 246 g/mol. The van der Waals surface area contributed by atoms with Crippen LogP contribution in [-0.4, -0.2) is 14.7 Å². The van der Waals surface area contributed by atoms with Crippen molar-refractivity contribution in [3.05, 3.63) is 41.9 Å². The van der Waals surface area contributed by atoms with E-state index in [1.54, 1.807) is 13.1 Å². The van der Waals surface area contributed by atoms with Gasteiger partial charge in [0.2, 0.25) is 5.88 Å².